The average molecular weight is 268 g/mol. The van der Waals surface area contributed by atoms with Crippen molar-refractivity contribution in [3.05, 3.63) is 42.5 Å². The topological polar surface area (TPSA) is 47.3 Å². The highest BCUT2D eigenvalue weighted by atomic mass is 16.5. The van der Waals surface area contributed by atoms with Crippen molar-refractivity contribution in [3.8, 4) is 17.2 Å². The quantitative estimate of drug-likeness (QED) is 0.778. The summed E-state index contributed by atoms with van der Waals surface area (Å²) in [6.07, 6.45) is 0. The fraction of sp³-hybridized carbons (Fsp3) is 0.188. The number of aromatic nitrogens is 1. The number of anilines is 1. The third-order valence-corrected chi connectivity index (χ3v) is 3.09. The Morgan fingerprint density at radius 1 is 1.20 bits per heavy atom. The maximum Gasteiger partial charge on any atom is 0.227 e. The number of benzene rings is 2. The molecule has 1 heterocycles. The molecule has 3 rings (SSSR count). The fourth-order valence-corrected chi connectivity index (χ4v) is 2.12. The molecule has 0 fully saturated rings. The van der Waals surface area contributed by atoms with Crippen LogP contribution in [0.2, 0.25) is 0 Å². The van der Waals surface area contributed by atoms with Gasteiger partial charge in [-0.2, -0.15) is 0 Å². The van der Waals surface area contributed by atoms with E-state index in [0.29, 0.717) is 5.89 Å². The zero-order valence-corrected chi connectivity index (χ0v) is 11.5. The third kappa shape index (κ3) is 2.32. The summed E-state index contributed by atoms with van der Waals surface area (Å²) in [4.78, 5) is 4.54. The molecule has 0 aliphatic rings. The fourth-order valence-electron chi connectivity index (χ4n) is 2.12. The van der Waals surface area contributed by atoms with Gasteiger partial charge in [0.05, 0.1) is 7.11 Å². The highest BCUT2D eigenvalue weighted by Gasteiger charge is 2.09. The summed E-state index contributed by atoms with van der Waals surface area (Å²) >= 11 is 0. The number of hydrogen-bond donors (Lipinski definition) is 1. The number of nitrogens with one attached hydrogen (secondary N) is 1. The number of oxazole rings is 1. The predicted octanol–water partition coefficient (Wildman–Crippen LogP) is 3.94. The molecule has 0 atom stereocenters. The van der Waals surface area contributed by atoms with Gasteiger partial charge in [0.25, 0.3) is 0 Å². The molecule has 0 aliphatic heterocycles. The van der Waals surface area contributed by atoms with E-state index in [4.69, 9.17) is 9.15 Å². The highest BCUT2D eigenvalue weighted by molar-refractivity contribution is 5.80. The van der Waals surface area contributed by atoms with Crippen molar-refractivity contribution in [3.63, 3.8) is 0 Å². The lowest BCUT2D eigenvalue weighted by Crippen LogP contribution is -1.95. The van der Waals surface area contributed by atoms with Crippen LogP contribution in [-0.2, 0) is 0 Å². The molecule has 2 aromatic carbocycles. The molecular formula is C16H16N2O2. The maximum atomic E-state index is 5.79. The van der Waals surface area contributed by atoms with Crippen LogP contribution in [0, 0.1) is 0 Å². The van der Waals surface area contributed by atoms with E-state index in [2.05, 4.69) is 17.2 Å². The van der Waals surface area contributed by atoms with Gasteiger partial charge < -0.3 is 14.5 Å². The van der Waals surface area contributed by atoms with Crippen LogP contribution in [0.15, 0.2) is 46.9 Å². The molecule has 4 nitrogen and oxygen atoms in total. The smallest absolute Gasteiger partial charge is 0.227 e. The number of nitrogens with zero attached hydrogens (tertiary/aromatic N) is 1. The Morgan fingerprint density at radius 2 is 2.10 bits per heavy atom. The second-order valence-electron chi connectivity index (χ2n) is 4.46. The minimum Gasteiger partial charge on any atom is -0.497 e. The van der Waals surface area contributed by atoms with Crippen molar-refractivity contribution in [2.24, 2.45) is 0 Å². The Balaban J connectivity index is 2.03. The minimum absolute atomic E-state index is 0.604. The van der Waals surface area contributed by atoms with E-state index in [-0.39, 0.29) is 0 Å². The van der Waals surface area contributed by atoms with Gasteiger partial charge >= 0.3 is 0 Å². The number of methoxy groups -OCH3 is 1. The van der Waals surface area contributed by atoms with Gasteiger partial charge in [0.2, 0.25) is 5.89 Å². The van der Waals surface area contributed by atoms with Crippen molar-refractivity contribution < 1.29 is 9.15 Å². The van der Waals surface area contributed by atoms with Gasteiger partial charge in [0, 0.05) is 17.8 Å². The van der Waals surface area contributed by atoms with Gasteiger partial charge in [-0.05, 0) is 43.3 Å². The lowest BCUT2D eigenvalue weighted by Gasteiger charge is -2.00. The van der Waals surface area contributed by atoms with Crippen LogP contribution in [-0.4, -0.2) is 18.6 Å². The minimum atomic E-state index is 0.604. The summed E-state index contributed by atoms with van der Waals surface area (Å²) in [5.74, 6) is 1.39. The summed E-state index contributed by atoms with van der Waals surface area (Å²) in [6, 6.07) is 13.6. The summed E-state index contributed by atoms with van der Waals surface area (Å²) in [5, 5.41) is 3.27. The van der Waals surface area contributed by atoms with Gasteiger partial charge in [-0.1, -0.05) is 6.07 Å². The lowest BCUT2D eigenvalue weighted by atomic mass is 10.2. The monoisotopic (exact) mass is 268 g/mol. The maximum absolute atomic E-state index is 5.79. The third-order valence-electron chi connectivity index (χ3n) is 3.09. The molecule has 0 radical (unpaired) electrons. The van der Waals surface area contributed by atoms with Crippen molar-refractivity contribution in [2.75, 3.05) is 19.0 Å². The molecule has 102 valence electrons. The van der Waals surface area contributed by atoms with Gasteiger partial charge in [0.15, 0.2) is 5.58 Å². The van der Waals surface area contributed by atoms with Crippen molar-refractivity contribution in [1.29, 1.82) is 0 Å². The van der Waals surface area contributed by atoms with E-state index >= 15 is 0 Å². The van der Waals surface area contributed by atoms with Crippen molar-refractivity contribution in [1.82, 2.24) is 4.98 Å². The van der Waals surface area contributed by atoms with Crippen LogP contribution in [0.25, 0.3) is 22.6 Å². The second kappa shape index (κ2) is 5.25. The first-order valence-corrected chi connectivity index (χ1v) is 6.59. The molecule has 0 amide bonds. The first-order valence-electron chi connectivity index (χ1n) is 6.59. The molecule has 0 unspecified atom stereocenters. The van der Waals surface area contributed by atoms with Crippen LogP contribution in [0.5, 0.6) is 5.75 Å². The second-order valence-corrected chi connectivity index (χ2v) is 4.46. The first kappa shape index (κ1) is 12.5. The molecular weight excluding hydrogens is 252 g/mol. The number of fused-ring (bicyclic) bond motifs is 1. The van der Waals surface area contributed by atoms with Crippen LogP contribution >= 0.6 is 0 Å². The van der Waals surface area contributed by atoms with Crippen LogP contribution < -0.4 is 10.1 Å². The molecule has 0 saturated heterocycles. The van der Waals surface area contributed by atoms with E-state index in [1.807, 2.05) is 42.5 Å². The van der Waals surface area contributed by atoms with Crippen molar-refractivity contribution in [2.45, 2.75) is 6.92 Å². The Hall–Kier alpha value is -2.49. The SMILES string of the molecule is CCNc1ccc2oc(-c3cccc(OC)c3)nc2c1. The molecule has 0 bridgehead atoms. The lowest BCUT2D eigenvalue weighted by molar-refractivity contribution is 0.415. The largest absolute Gasteiger partial charge is 0.497 e. The van der Waals surface area contributed by atoms with Gasteiger partial charge in [-0.15, -0.1) is 0 Å². The van der Waals surface area contributed by atoms with Gasteiger partial charge in [0.1, 0.15) is 11.3 Å². The Labute approximate surface area is 117 Å². The Kier molecular flexibility index (Phi) is 3.29. The molecule has 4 heteroatoms. The molecule has 3 aromatic rings. The van der Waals surface area contributed by atoms with Gasteiger partial charge in [-0.3, -0.25) is 0 Å². The molecule has 0 saturated carbocycles. The van der Waals surface area contributed by atoms with E-state index in [1.54, 1.807) is 7.11 Å². The molecule has 1 aromatic heterocycles. The van der Waals surface area contributed by atoms with Gasteiger partial charge in [-0.25, -0.2) is 4.98 Å². The summed E-state index contributed by atoms with van der Waals surface area (Å²) in [6.45, 7) is 2.95. The standard InChI is InChI=1S/C16H16N2O2/c1-3-17-12-7-8-15-14(10-12)18-16(20-15)11-5-4-6-13(9-11)19-2/h4-10,17H,3H2,1-2H3. The zero-order valence-electron chi connectivity index (χ0n) is 11.5. The van der Waals surface area contributed by atoms with E-state index in [1.165, 1.54) is 0 Å². The molecule has 20 heavy (non-hydrogen) atoms. The highest BCUT2D eigenvalue weighted by Crippen LogP contribution is 2.28. The normalized spacial score (nSPS) is 10.7. The van der Waals surface area contributed by atoms with Crippen LogP contribution in [0.4, 0.5) is 5.69 Å². The van der Waals surface area contributed by atoms with E-state index in [0.717, 1.165) is 34.6 Å². The summed E-state index contributed by atoms with van der Waals surface area (Å²) in [5.41, 5.74) is 3.58. The predicted molar refractivity (Wildman–Crippen MR) is 80.2 cm³/mol. The van der Waals surface area contributed by atoms with Crippen LogP contribution in [0.1, 0.15) is 6.92 Å². The Morgan fingerprint density at radius 3 is 2.90 bits per heavy atom. The average Bonchev–Trinajstić information content (AvgIpc) is 2.91. The van der Waals surface area contributed by atoms with E-state index in [9.17, 15) is 0 Å². The van der Waals surface area contributed by atoms with E-state index < -0.39 is 0 Å². The number of rotatable bonds is 4. The Bertz CT molecular complexity index is 734. The molecule has 0 aliphatic carbocycles. The molecule has 0 spiro atoms. The molecule has 1 N–H and O–H groups in total. The summed E-state index contributed by atoms with van der Waals surface area (Å²) in [7, 11) is 1.65. The summed E-state index contributed by atoms with van der Waals surface area (Å²) < 4.78 is 11.0. The van der Waals surface area contributed by atoms with Crippen molar-refractivity contribution >= 4 is 16.8 Å². The zero-order chi connectivity index (χ0) is 13.9. The van der Waals surface area contributed by atoms with Crippen LogP contribution in [0.3, 0.4) is 0 Å². The number of hydrogen-bond acceptors (Lipinski definition) is 4. The number of ether oxygens (including phenoxy) is 1. The first-order chi connectivity index (χ1) is 9.80.